The Bertz CT molecular complexity index is 889. The van der Waals surface area contributed by atoms with Crippen LogP contribution in [0.1, 0.15) is 12.1 Å². The Balaban J connectivity index is 1.81. The minimum Gasteiger partial charge on any atom is -0.495 e. The van der Waals surface area contributed by atoms with Gasteiger partial charge in [-0.05, 0) is 31.5 Å². The summed E-state index contributed by atoms with van der Waals surface area (Å²) in [4.78, 5) is 8.75. The highest BCUT2D eigenvalue weighted by molar-refractivity contribution is 7.91. The van der Waals surface area contributed by atoms with Gasteiger partial charge in [0.2, 0.25) is 5.95 Å². The van der Waals surface area contributed by atoms with Crippen molar-refractivity contribution in [2.45, 2.75) is 19.4 Å². The molecule has 3 rings (SSSR count). The number of hydrogen-bond donors (Lipinski definition) is 2. The minimum absolute atomic E-state index is 0.106. The van der Waals surface area contributed by atoms with Crippen molar-refractivity contribution in [2.75, 3.05) is 29.2 Å². The summed E-state index contributed by atoms with van der Waals surface area (Å²) in [7, 11) is -1.39. The molecule has 1 fully saturated rings. The SMILES string of the molecule is COc1ccc(Cl)cc1Nc1cc(C)nc(NC2CCS(=O)(=O)C2)n1. The quantitative estimate of drug-likeness (QED) is 0.821. The first-order valence-electron chi connectivity index (χ1n) is 7.78. The molecule has 0 amide bonds. The Morgan fingerprint density at radius 3 is 2.76 bits per heavy atom. The third-order valence-corrected chi connectivity index (χ3v) is 5.85. The van der Waals surface area contributed by atoms with Gasteiger partial charge in [0.1, 0.15) is 11.6 Å². The van der Waals surface area contributed by atoms with Crippen molar-refractivity contribution in [3.63, 3.8) is 0 Å². The lowest BCUT2D eigenvalue weighted by Gasteiger charge is -2.14. The maximum atomic E-state index is 11.6. The fourth-order valence-corrected chi connectivity index (χ4v) is 4.55. The van der Waals surface area contributed by atoms with Crippen LogP contribution in [0.15, 0.2) is 24.3 Å². The fraction of sp³-hybridized carbons (Fsp3) is 0.375. The molecular weight excluding hydrogens is 364 g/mol. The zero-order valence-corrected chi connectivity index (χ0v) is 15.5. The van der Waals surface area contributed by atoms with E-state index in [1.54, 1.807) is 31.4 Å². The van der Waals surface area contributed by atoms with Gasteiger partial charge in [0.05, 0.1) is 24.3 Å². The third-order valence-electron chi connectivity index (χ3n) is 3.84. The van der Waals surface area contributed by atoms with Gasteiger partial charge < -0.3 is 15.4 Å². The summed E-state index contributed by atoms with van der Waals surface area (Å²) < 4.78 is 28.5. The predicted molar refractivity (Wildman–Crippen MR) is 98.7 cm³/mol. The summed E-state index contributed by atoms with van der Waals surface area (Å²) >= 11 is 6.05. The molecule has 1 aromatic carbocycles. The predicted octanol–water partition coefficient (Wildman–Crippen LogP) is 2.79. The molecule has 1 aromatic heterocycles. The van der Waals surface area contributed by atoms with Crippen LogP contribution in [0.4, 0.5) is 17.5 Å². The highest BCUT2D eigenvalue weighted by atomic mass is 35.5. The Kier molecular flexibility index (Phi) is 5.01. The van der Waals surface area contributed by atoms with E-state index in [0.29, 0.717) is 34.6 Å². The molecule has 1 aliphatic heterocycles. The summed E-state index contributed by atoms with van der Waals surface area (Å²) in [5.41, 5.74) is 1.43. The molecule has 25 heavy (non-hydrogen) atoms. The van der Waals surface area contributed by atoms with Crippen molar-refractivity contribution in [2.24, 2.45) is 0 Å². The van der Waals surface area contributed by atoms with E-state index in [1.165, 1.54) is 0 Å². The van der Waals surface area contributed by atoms with Crippen LogP contribution in [0, 0.1) is 6.92 Å². The zero-order chi connectivity index (χ0) is 18.0. The Morgan fingerprint density at radius 2 is 2.08 bits per heavy atom. The van der Waals surface area contributed by atoms with Gasteiger partial charge in [-0.2, -0.15) is 4.98 Å². The number of anilines is 3. The van der Waals surface area contributed by atoms with Gasteiger partial charge in [0.15, 0.2) is 9.84 Å². The van der Waals surface area contributed by atoms with E-state index in [4.69, 9.17) is 16.3 Å². The molecule has 7 nitrogen and oxygen atoms in total. The van der Waals surface area contributed by atoms with Crippen LogP contribution in [0.5, 0.6) is 5.75 Å². The molecule has 2 heterocycles. The zero-order valence-electron chi connectivity index (χ0n) is 13.9. The summed E-state index contributed by atoms with van der Waals surface area (Å²) in [6, 6.07) is 6.87. The summed E-state index contributed by atoms with van der Waals surface area (Å²) in [5, 5.41) is 6.85. The standard InChI is InChI=1S/C16H19ClN4O3S/c1-10-7-15(20-13-8-11(17)3-4-14(13)24-2)21-16(18-10)19-12-5-6-25(22,23)9-12/h3-4,7-8,12H,5-6,9H2,1-2H3,(H2,18,19,20,21). The average Bonchev–Trinajstić information content (AvgIpc) is 2.85. The molecule has 1 atom stereocenters. The summed E-state index contributed by atoms with van der Waals surface area (Å²) in [5.74, 6) is 1.90. The van der Waals surface area contributed by atoms with Crippen molar-refractivity contribution >= 4 is 38.9 Å². The lowest BCUT2D eigenvalue weighted by Crippen LogP contribution is -2.22. The van der Waals surface area contributed by atoms with Gasteiger partial charge in [-0.25, -0.2) is 13.4 Å². The lowest BCUT2D eigenvalue weighted by atomic mass is 10.2. The topological polar surface area (TPSA) is 93.2 Å². The van der Waals surface area contributed by atoms with Crippen molar-refractivity contribution in [1.82, 2.24) is 9.97 Å². The molecular formula is C16H19ClN4O3S. The van der Waals surface area contributed by atoms with E-state index in [9.17, 15) is 8.42 Å². The number of nitrogens with one attached hydrogen (secondary N) is 2. The maximum absolute atomic E-state index is 11.6. The maximum Gasteiger partial charge on any atom is 0.225 e. The number of ether oxygens (including phenoxy) is 1. The second-order valence-electron chi connectivity index (χ2n) is 5.93. The molecule has 0 saturated carbocycles. The second-order valence-corrected chi connectivity index (χ2v) is 8.60. The van der Waals surface area contributed by atoms with Gasteiger partial charge in [0.25, 0.3) is 0 Å². The van der Waals surface area contributed by atoms with Crippen LogP contribution in [0.3, 0.4) is 0 Å². The highest BCUT2D eigenvalue weighted by Crippen LogP contribution is 2.30. The van der Waals surface area contributed by atoms with Crippen molar-refractivity contribution in [1.29, 1.82) is 0 Å². The molecule has 1 aliphatic rings. The number of hydrogen-bond acceptors (Lipinski definition) is 7. The van der Waals surface area contributed by atoms with E-state index in [1.807, 2.05) is 6.92 Å². The summed E-state index contributed by atoms with van der Waals surface area (Å²) in [6.07, 6.45) is 0.560. The monoisotopic (exact) mass is 382 g/mol. The van der Waals surface area contributed by atoms with E-state index in [0.717, 1.165) is 5.69 Å². The number of aromatic nitrogens is 2. The van der Waals surface area contributed by atoms with E-state index < -0.39 is 9.84 Å². The molecule has 0 aliphatic carbocycles. The first-order chi connectivity index (χ1) is 11.8. The minimum atomic E-state index is -2.96. The fourth-order valence-electron chi connectivity index (χ4n) is 2.70. The highest BCUT2D eigenvalue weighted by Gasteiger charge is 2.28. The molecule has 0 spiro atoms. The number of methoxy groups -OCH3 is 1. The normalized spacial score (nSPS) is 18.8. The number of sulfone groups is 1. The third kappa shape index (κ3) is 4.52. The van der Waals surface area contributed by atoms with Crippen molar-refractivity contribution in [3.8, 4) is 5.75 Å². The van der Waals surface area contributed by atoms with Gasteiger partial charge in [-0.1, -0.05) is 11.6 Å². The number of nitrogens with zero attached hydrogens (tertiary/aromatic N) is 2. The van der Waals surface area contributed by atoms with Crippen molar-refractivity contribution < 1.29 is 13.2 Å². The summed E-state index contributed by atoms with van der Waals surface area (Å²) in [6.45, 7) is 1.85. The van der Waals surface area contributed by atoms with Crippen LogP contribution in [-0.4, -0.2) is 43.0 Å². The van der Waals surface area contributed by atoms with Gasteiger partial charge in [-0.3, -0.25) is 0 Å². The first-order valence-corrected chi connectivity index (χ1v) is 9.98. The van der Waals surface area contributed by atoms with Crippen LogP contribution < -0.4 is 15.4 Å². The Hall–Kier alpha value is -2.06. The molecule has 2 N–H and O–H groups in total. The number of benzene rings is 1. The second kappa shape index (κ2) is 7.05. The van der Waals surface area contributed by atoms with E-state index in [-0.39, 0.29) is 17.5 Å². The van der Waals surface area contributed by atoms with Gasteiger partial charge >= 0.3 is 0 Å². The van der Waals surface area contributed by atoms with Crippen molar-refractivity contribution in [3.05, 3.63) is 35.0 Å². The lowest BCUT2D eigenvalue weighted by molar-refractivity contribution is 0.417. The number of halogens is 1. The Labute approximate surface area is 151 Å². The molecule has 1 unspecified atom stereocenters. The molecule has 2 aromatic rings. The van der Waals surface area contributed by atoms with Crippen LogP contribution >= 0.6 is 11.6 Å². The number of rotatable bonds is 5. The molecule has 1 saturated heterocycles. The molecule has 9 heteroatoms. The smallest absolute Gasteiger partial charge is 0.225 e. The van der Waals surface area contributed by atoms with E-state index >= 15 is 0 Å². The largest absolute Gasteiger partial charge is 0.495 e. The molecule has 0 bridgehead atoms. The van der Waals surface area contributed by atoms with E-state index in [2.05, 4.69) is 20.6 Å². The van der Waals surface area contributed by atoms with Gasteiger partial charge in [0, 0.05) is 22.8 Å². The average molecular weight is 383 g/mol. The van der Waals surface area contributed by atoms with Crippen LogP contribution in [-0.2, 0) is 9.84 Å². The Morgan fingerprint density at radius 1 is 1.28 bits per heavy atom. The van der Waals surface area contributed by atoms with Crippen LogP contribution in [0.25, 0.3) is 0 Å². The molecule has 0 radical (unpaired) electrons. The van der Waals surface area contributed by atoms with Gasteiger partial charge in [-0.15, -0.1) is 0 Å². The first kappa shape index (κ1) is 17.8. The number of aryl methyl sites for hydroxylation is 1. The molecule has 134 valence electrons. The van der Waals surface area contributed by atoms with Crippen LogP contribution in [0.2, 0.25) is 5.02 Å².